The Bertz CT molecular complexity index is 1130. The molecule has 163 valence electrons. The molecule has 0 N–H and O–H groups in total. The summed E-state index contributed by atoms with van der Waals surface area (Å²) < 4.78 is 14.1. The normalized spacial score (nSPS) is 17.2. The summed E-state index contributed by atoms with van der Waals surface area (Å²) in [6, 6.07) is 11.1. The largest absolute Gasteiger partial charge is 0.483 e. The van der Waals surface area contributed by atoms with Crippen LogP contribution in [0.5, 0.6) is 5.75 Å². The van der Waals surface area contributed by atoms with Crippen molar-refractivity contribution in [2.24, 2.45) is 5.41 Å². The summed E-state index contributed by atoms with van der Waals surface area (Å²) in [5, 5.41) is 9.34. The molecule has 31 heavy (non-hydrogen) atoms. The van der Waals surface area contributed by atoms with Gasteiger partial charge in [-0.15, -0.1) is 0 Å². The third-order valence-corrected chi connectivity index (χ3v) is 6.63. The van der Waals surface area contributed by atoms with Gasteiger partial charge in [0, 0.05) is 17.8 Å². The highest BCUT2D eigenvalue weighted by Gasteiger charge is 2.41. The highest BCUT2D eigenvalue weighted by atomic mass is 28.3. The van der Waals surface area contributed by atoms with Crippen molar-refractivity contribution in [3.63, 3.8) is 0 Å². The lowest BCUT2D eigenvalue weighted by Crippen LogP contribution is -2.43. The molecule has 1 radical (unpaired) electrons. The van der Waals surface area contributed by atoms with E-state index >= 15 is 0 Å². The molecule has 1 atom stereocenters. The first kappa shape index (κ1) is 23.0. The van der Waals surface area contributed by atoms with Gasteiger partial charge in [0.15, 0.2) is 0 Å². The zero-order valence-corrected chi connectivity index (χ0v) is 20.7. The number of pyridine rings is 1. The van der Waals surface area contributed by atoms with E-state index in [-0.39, 0.29) is 11.0 Å². The number of rotatable bonds is 4. The maximum Gasteiger partial charge on any atom is 0.255 e. The molecular formula is C25H31N2O3Si. The lowest BCUT2D eigenvalue weighted by Gasteiger charge is -2.43. The third kappa shape index (κ3) is 4.39. The van der Waals surface area contributed by atoms with Gasteiger partial charge in [-0.1, -0.05) is 20.8 Å². The first-order valence-corrected chi connectivity index (χ1v) is 12.9. The van der Waals surface area contributed by atoms with E-state index in [1.165, 1.54) is 0 Å². The molecule has 1 aliphatic heterocycles. The maximum atomic E-state index is 13.3. The number of nitriles is 1. The predicted molar refractivity (Wildman–Crippen MR) is 125 cm³/mol. The van der Waals surface area contributed by atoms with Crippen LogP contribution in [0.4, 0.5) is 0 Å². The molecule has 0 fully saturated rings. The minimum atomic E-state index is -0.993. The molecule has 1 aliphatic rings. The van der Waals surface area contributed by atoms with Crippen LogP contribution in [-0.2, 0) is 10.0 Å². The Morgan fingerprint density at radius 2 is 1.81 bits per heavy atom. The number of nitrogens with zero attached hydrogens (tertiary/aromatic N) is 2. The van der Waals surface area contributed by atoms with Crippen LogP contribution >= 0.6 is 0 Å². The van der Waals surface area contributed by atoms with E-state index in [4.69, 9.17) is 9.16 Å². The highest BCUT2D eigenvalue weighted by molar-refractivity contribution is 6.48. The molecule has 0 amide bonds. The van der Waals surface area contributed by atoms with E-state index in [9.17, 15) is 10.1 Å². The van der Waals surface area contributed by atoms with Crippen molar-refractivity contribution in [2.75, 3.05) is 0 Å². The van der Waals surface area contributed by atoms with Gasteiger partial charge in [-0.05, 0) is 75.2 Å². The fourth-order valence-electron chi connectivity index (χ4n) is 3.84. The lowest BCUT2D eigenvalue weighted by atomic mass is 9.74. The Morgan fingerprint density at radius 1 is 1.13 bits per heavy atom. The molecule has 2 heterocycles. The second-order valence-corrected chi connectivity index (χ2v) is 12.0. The van der Waals surface area contributed by atoms with Crippen LogP contribution in [-0.4, -0.2) is 19.2 Å². The van der Waals surface area contributed by atoms with Crippen molar-refractivity contribution < 1.29 is 9.16 Å². The summed E-state index contributed by atoms with van der Waals surface area (Å²) in [7, 11) is -0.993. The molecule has 1 aromatic heterocycles. The van der Waals surface area contributed by atoms with Gasteiger partial charge >= 0.3 is 0 Å². The Balaban J connectivity index is 2.17. The van der Waals surface area contributed by atoms with Crippen LogP contribution < -0.4 is 10.3 Å². The van der Waals surface area contributed by atoms with Crippen molar-refractivity contribution in [3.8, 4) is 11.8 Å². The minimum Gasteiger partial charge on any atom is -0.483 e. The monoisotopic (exact) mass is 435 g/mol. The number of fused-ring (bicyclic) bond motifs is 1. The number of ether oxygens (including phenoxy) is 1. The third-order valence-electron chi connectivity index (χ3n) is 5.81. The summed E-state index contributed by atoms with van der Waals surface area (Å²) >= 11 is 0. The van der Waals surface area contributed by atoms with E-state index in [0.717, 1.165) is 11.1 Å². The highest BCUT2D eigenvalue weighted by Crippen LogP contribution is 2.43. The number of hydrogen-bond acceptors (Lipinski definition) is 4. The van der Waals surface area contributed by atoms with Crippen molar-refractivity contribution >= 4 is 14.7 Å². The Morgan fingerprint density at radius 3 is 2.35 bits per heavy atom. The van der Waals surface area contributed by atoms with Crippen molar-refractivity contribution in [1.82, 2.24) is 4.57 Å². The molecule has 2 aromatic rings. The van der Waals surface area contributed by atoms with Gasteiger partial charge in [-0.3, -0.25) is 9.36 Å². The smallest absolute Gasteiger partial charge is 0.255 e. The molecule has 6 heteroatoms. The van der Waals surface area contributed by atoms with Crippen LogP contribution in [0.25, 0.3) is 5.70 Å². The Kier molecular flexibility index (Phi) is 5.81. The zero-order chi connectivity index (χ0) is 23.2. The lowest BCUT2D eigenvalue weighted by molar-refractivity contribution is -0.0238. The summed E-state index contributed by atoms with van der Waals surface area (Å²) in [6.45, 7) is 16.6. The van der Waals surface area contributed by atoms with E-state index in [2.05, 4.69) is 46.9 Å². The van der Waals surface area contributed by atoms with Crippen molar-refractivity contribution in [2.45, 2.75) is 65.8 Å². The molecule has 1 unspecified atom stereocenters. The fourth-order valence-corrected chi connectivity index (χ4v) is 5.08. The zero-order valence-electron chi connectivity index (χ0n) is 19.7. The summed E-state index contributed by atoms with van der Waals surface area (Å²) in [5.41, 5.74) is 1.33. The van der Waals surface area contributed by atoms with Gasteiger partial charge in [-0.2, -0.15) is 5.26 Å². The molecule has 0 saturated carbocycles. The number of aromatic nitrogens is 1. The second kappa shape index (κ2) is 7.81. The van der Waals surface area contributed by atoms with E-state index in [1.807, 2.05) is 26.0 Å². The van der Waals surface area contributed by atoms with Crippen LogP contribution in [0.2, 0.25) is 13.1 Å². The first-order chi connectivity index (χ1) is 14.3. The van der Waals surface area contributed by atoms with Crippen LogP contribution in [0.15, 0.2) is 47.4 Å². The number of benzene rings is 1. The van der Waals surface area contributed by atoms with E-state index in [0.29, 0.717) is 17.0 Å². The Hall–Kier alpha value is -2.62. The maximum absolute atomic E-state index is 13.3. The molecule has 3 rings (SSSR count). The Labute approximate surface area is 186 Å². The molecule has 1 aromatic carbocycles. The minimum absolute atomic E-state index is 0.144. The van der Waals surface area contributed by atoms with Crippen LogP contribution in [0.1, 0.15) is 58.2 Å². The molecule has 0 aliphatic carbocycles. The first-order valence-electron chi connectivity index (χ1n) is 10.5. The molecule has 0 saturated heterocycles. The van der Waals surface area contributed by atoms with E-state index < -0.39 is 20.2 Å². The summed E-state index contributed by atoms with van der Waals surface area (Å²) in [6.07, 6.45) is 3.73. The van der Waals surface area contributed by atoms with E-state index in [1.54, 1.807) is 35.0 Å². The van der Waals surface area contributed by atoms with Gasteiger partial charge in [-0.25, -0.2) is 0 Å². The molecule has 5 nitrogen and oxygen atoms in total. The fraction of sp³-hybridized carbons (Fsp3) is 0.440. The summed E-state index contributed by atoms with van der Waals surface area (Å²) in [5.74, 6) is 0.657. The number of hydrogen-bond donors (Lipinski definition) is 0. The molecule has 0 spiro atoms. The van der Waals surface area contributed by atoms with Gasteiger partial charge in [0.05, 0.1) is 22.9 Å². The topological polar surface area (TPSA) is 64.2 Å². The van der Waals surface area contributed by atoms with Gasteiger partial charge in [0.2, 0.25) is 9.04 Å². The standard InChI is InChI=1S/C25H31N2O3Si/c1-23(2,3)25(6,30-31(7)8)18-11-12-27(22(28)14-18)20-15-24(4,5)29-21-10-9-17(16-26)13-19(20)21/h9-15H,1-8H3. The van der Waals surface area contributed by atoms with Gasteiger partial charge in [0.25, 0.3) is 5.56 Å². The second-order valence-electron chi connectivity index (χ2n) is 9.98. The van der Waals surface area contributed by atoms with Crippen LogP contribution in [0, 0.1) is 16.7 Å². The molecule has 0 bridgehead atoms. The van der Waals surface area contributed by atoms with Crippen molar-refractivity contribution in [3.05, 3.63) is 69.6 Å². The average Bonchev–Trinajstić information content (AvgIpc) is 2.65. The average molecular weight is 436 g/mol. The quantitative estimate of drug-likeness (QED) is 0.611. The van der Waals surface area contributed by atoms with Gasteiger partial charge < -0.3 is 9.16 Å². The predicted octanol–water partition coefficient (Wildman–Crippen LogP) is 5.31. The van der Waals surface area contributed by atoms with Gasteiger partial charge in [0.1, 0.15) is 11.4 Å². The molecular weight excluding hydrogens is 404 g/mol. The van der Waals surface area contributed by atoms with Crippen molar-refractivity contribution in [1.29, 1.82) is 5.26 Å². The van der Waals surface area contributed by atoms with Crippen LogP contribution in [0.3, 0.4) is 0 Å². The SMILES string of the molecule is C[Si](C)OC(C)(c1ccn(C2=CC(C)(C)Oc3ccc(C#N)cc32)c(=O)c1)C(C)(C)C. The summed E-state index contributed by atoms with van der Waals surface area (Å²) in [4.78, 5) is 13.3.